The third kappa shape index (κ3) is 6.71. The number of benzene rings is 1. The Hall–Kier alpha value is -1.43. The summed E-state index contributed by atoms with van der Waals surface area (Å²) in [6.45, 7) is 8.89. The van der Waals surface area contributed by atoms with Crippen molar-refractivity contribution in [3.05, 3.63) is 34.9 Å². The second kappa shape index (κ2) is 10.0. The summed E-state index contributed by atoms with van der Waals surface area (Å²) in [6, 6.07) is 5.83. The zero-order valence-corrected chi connectivity index (χ0v) is 16.5. The molecule has 5 nitrogen and oxygen atoms in total. The summed E-state index contributed by atoms with van der Waals surface area (Å²) in [7, 11) is 1.40. The van der Waals surface area contributed by atoms with Crippen LogP contribution < -0.4 is 0 Å². The van der Waals surface area contributed by atoms with Gasteiger partial charge in [-0.05, 0) is 54.4 Å². The lowest BCUT2D eigenvalue weighted by atomic mass is 9.85. The molecule has 0 spiro atoms. The van der Waals surface area contributed by atoms with Crippen molar-refractivity contribution in [1.82, 2.24) is 0 Å². The first-order chi connectivity index (χ1) is 12.4. The van der Waals surface area contributed by atoms with E-state index in [1.807, 2.05) is 12.1 Å². The fraction of sp³-hybridized carbons (Fsp3) is 0.667. The molecule has 146 valence electrons. The van der Waals surface area contributed by atoms with E-state index < -0.39 is 0 Å². The minimum atomic E-state index is -0.321. The van der Waals surface area contributed by atoms with Gasteiger partial charge in [0, 0.05) is 13.2 Å². The number of carbonyl (C=O) groups is 1. The maximum atomic E-state index is 11.9. The molecule has 0 amide bonds. The number of esters is 1. The molecule has 1 aromatic rings. The van der Waals surface area contributed by atoms with Crippen LogP contribution in [0.15, 0.2) is 18.2 Å². The fourth-order valence-corrected chi connectivity index (χ4v) is 2.85. The zero-order chi connectivity index (χ0) is 19.0. The Morgan fingerprint density at radius 3 is 2.65 bits per heavy atom. The van der Waals surface area contributed by atoms with Gasteiger partial charge in [-0.25, -0.2) is 4.79 Å². The highest BCUT2D eigenvalue weighted by molar-refractivity contribution is 5.89. The van der Waals surface area contributed by atoms with Gasteiger partial charge >= 0.3 is 5.97 Å². The van der Waals surface area contributed by atoms with Crippen LogP contribution >= 0.6 is 0 Å². The van der Waals surface area contributed by atoms with E-state index in [1.54, 1.807) is 0 Å². The van der Waals surface area contributed by atoms with Crippen LogP contribution in [-0.4, -0.2) is 39.2 Å². The normalized spacial score (nSPS) is 17.9. The van der Waals surface area contributed by atoms with Crippen molar-refractivity contribution in [2.45, 2.75) is 64.8 Å². The molecule has 1 unspecified atom stereocenters. The quantitative estimate of drug-likeness (QED) is 0.511. The van der Waals surface area contributed by atoms with Gasteiger partial charge in [-0.15, -0.1) is 0 Å². The van der Waals surface area contributed by atoms with Crippen LogP contribution in [0.1, 0.15) is 67.9 Å². The molecule has 0 radical (unpaired) electrons. The summed E-state index contributed by atoms with van der Waals surface area (Å²) < 4.78 is 21.9. The highest BCUT2D eigenvalue weighted by Gasteiger charge is 2.18. The number of hydrogen-bond donors (Lipinski definition) is 0. The van der Waals surface area contributed by atoms with E-state index >= 15 is 0 Å². The molecule has 1 aromatic carbocycles. The van der Waals surface area contributed by atoms with E-state index in [1.165, 1.54) is 13.5 Å². The van der Waals surface area contributed by atoms with Gasteiger partial charge in [-0.2, -0.15) is 0 Å². The van der Waals surface area contributed by atoms with Gasteiger partial charge in [0.1, 0.15) is 0 Å². The Balaban J connectivity index is 1.81. The van der Waals surface area contributed by atoms with Gasteiger partial charge < -0.3 is 18.9 Å². The monoisotopic (exact) mass is 364 g/mol. The van der Waals surface area contributed by atoms with Crippen molar-refractivity contribution in [3.8, 4) is 0 Å². The molecule has 1 saturated heterocycles. The third-order valence-corrected chi connectivity index (χ3v) is 4.42. The van der Waals surface area contributed by atoms with Gasteiger partial charge in [-0.1, -0.05) is 26.8 Å². The Kier molecular flexibility index (Phi) is 8.07. The van der Waals surface area contributed by atoms with E-state index in [-0.39, 0.29) is 17.7 Å². The third-order valence-electron chi connectivity index (χ3n) is 4.42. The smallest absolute Gasteiger partial charge is 0.337 e. The molecule has 1 aliphatic rings. The summed E-state index contributed by atoms with van der Waals surface area (Å²) in [5.74, 6) is -0.321. The van der Waals surface area contributed by atoms with Crippen LogP contribution in [0.5, 0.6) is 0 Å². The standard InChI is InChI=1S/C21H32O5/c1-21(2,3)18-13-16(12-17(14-18)20(22)23-4)15-24-9-7-11-26-19-8-5-6-10-25-19/h12-14,19H,5-11,15H2,1-4H3. The van der Waals surface area contributed by atoms with Crippen LogP contribution in [0, 0.1) is 0 Å². The second-order valence-electron chi connectivity index (χ2n) is 7.73. The maximum Gasteiger partial charge on any atom is 0.337 e. The SMILES string of the molecule is COC(=O)c1cc(COCCCOC2CCCCO2)cc(C(C)(C)C)c1. The molecule has 1 aliphatic heterocycles. The summed E-state index contributed by atoms with van der Waals surface area (Å²) in [5.41, 5.74) is 2.59. The van der Waals surface area contributed by atoms with Crippen molar-refractivity contribution < 1.29 is 23.7 Å². The van der Waals surface area contributed by atoms with E-state index in [2.05, 4.69) is 26.8 Å². The summed E-state index contributed by atoms with van der Waals surface area (Å²) in [5, 5.41) is 0. The average molecular weight is 364 g/mol. The topological polar surface area (TPSA) is 54.0 Å². The predicted octanol–water partition coefficient (Wildman–Crippen LogP) is 4.22. The lowest BCUT2D eigenvalue weighted by Gasteiger charge is -2.22. The molecular formula is C21H32O5. The van der Waals surface area contributed by atoms with Crippen molar-refractivity contribution in [2.75, 3.05) is 26.9 Å². The van der Waals surface area contributed by atoms with Crippen LogP contribution in [0.25, 0.3) is 0 Å². The number of rotatable bonds is 8. The molecule has 26 heavy (non-hydrogen) atoms. The van der Waals surface area contributed by atoms with Gasteiger partial charge in [0.15, 0.2) is 6.29 Å². The molecule has 5 heteroatoms. The van der Waals surface area contributed by atoms with E-state index in [9.17, 15) is 4.79 Å². The summed E-state index contributed by atoms with van der Waals surface area (Å²) in [6.07, 6.45) is 4.06. The Morgan fingerprint density at radius 1 is 1.19 bits per heavy atom. The van der Waals surface area contributed by atoms with Crippen molar-refractivity contribution in [2.24, 2.45) is 0 Å². The number of methoxy groups -OCH3 is 1. The highest BCUT2D eigenvalue weighted by Crippen LogP contribution is 2.25. The maximum absolute atomic E-state index is 11.9. The van der Waals surface area contributed by atoms with Crippen molar-refractivity contribution in [1.29, 1.82) is 0 Å². The van der Waals surface area contributed by atoms with Crippen LogP contribution in [0.4, 0.5) is 0 Å². The molecule has 0 aromatic heterocycles. The van der Waals surface area contributed by atoms with Crippen LogP contribution in [-0.2, 0) is 31.0 Å². The predicted molar refractivity (Wildman–Crippen MR) is 100 cm³/mol. The van der Waals surface area contributed by atoms with Crippen molar-refractivity contribution in [3.63, 3.8) is 0 Å². The Labute approximate surface area is 157 Å². The lowest BCUT2D eigenvalue weighted by molar-refractivity contribution is -0.164. The number of ether oxygens (including phenoxy) is 4. The average Bonchev–Trinajstić information content (AvgIpc) is 2.63. The fourth-order valence-electron chi connectivity index (χ4n) is 2.85. The first-order valence-electron chi connectivity index (χ1n) is 9.44. The molecule has 1 heterocycles. The minimum Gasteiger partial charge on any atom is -0.465 e. The van der Waals surface area contributed by atoms with E-state index in [0.717, 1.165) is 37.0 Å². The van der Waals surface area contributed by atoms with Gasteiger partial charge in [0.05, 0.1) is 25.9 Å². The lowest BCUT2D eigenvalue weighted by Crippen LogP contribution is -2.23. The second-order valence-corrected chi connectivity index (χ2v) is 7.73. The molecule has 0 aliphatic carbocycles. The molecular weight excluding hydrogens is 332 g/mol. The number of hydrogen-bond acceptors (Lipinski definition) is 5. The van der Waals surface area contributed by atoms with E-state index in [0.29, 0.717) is 25.4 Å². The van der Waals surface area contributed by atoms with Crippen LogP contribution in [0.2, 0.25) is 0 Å². The highest BCUT2D eigenvalue weighted by atomic mass is 16.7. The summed E-state index contributed by atoms with van der Waals surface area (Å²) >= 11 is 0. The first kappa shape index (κ1) is 20.9. The van der Waals surface area contributed by atoms with Crippen molar-refractivity contribution >= 4 is 5.97 Å². The Bertz CT molecular complexity index is 570. The minimum absolute atomic E-state index is 0.0465. The molecule has 0 saturated carbocycles. The molecule has 1 atom stereocenters. The zero-order valence-electron chi connectivity index (χ0n) is 16.5. The molecule has 2 rings (SSSR count). The molecule has 0 N–H and O–H groups in total. The van der Waals surface area contributed by atoms with Gasteiger partial charge in [-0.3, -0.25) is 0 Å². The molecule has 0 bridgehead atoms. The first-order valence-corrected chi connectivity index (χ1v) is 9.44. The largest absolute Gasteiger partial charge is 0.465 e. The van der Waals surface area contributed by atoms with Crippen LogP contribution in [0.3, 0.4) is 0 Å². The Morgan fingerprint density at radius 2 is 2.00 bits per heavy atom. The molecule has 1 fully saturated rings. The number of carbonyl (C=O) groups excluding carboxylic acids is 1. The van der Waals surface area contributed by atoms with Gasteiger partial charge in [0.2, 0.25) is 0 Å². The van der Waals surface area contributed by atoms with E-state index in [4.69, 9.17) is 18.9 Å². The summed E-state index contributed by atoms with van der Waals surface area (Å²) in [4.78, 5) is 11.9. The van der Waals surface area contributed by atoms with Gasteiger partial charge in [0.25, 0.3) is 0 Å².